The van der Waals surface area contributed by atoms with Gasteiger partial charge in [0, 0.05) is 7.11 Å². The van der Waals surface area contributed by atoms with E-state index in [1.807, 2.05) is 0 Å². The Kier molecular flexibility index (Phi) is 11.8. The minimum absolute atomic E-state index is 0.0671. The van der Waals surface area contributed by atoms with Gasteiger partial charge in [-0.15, -0.1) is 0 Å². The molecule has 0 heterocycles. The van der Waals surface area contributed by atoms with Gasteiger partial charge in [-0.1, -0.05) is 0 Å². The number of ether oxygens (including phenoxy) is 1. The fraction of sp³-hybridized carbons (Fsp3) is 0.750. The van der Waals surface area contributed by atoms with Crippen LogP contribution in [0.2, 0.25) is 0 Å². The minimum Gasteiger partial charge on any atom is -0.377 e. The van der Waals surface area contributed by atoms with Crippen LogP contribution < -0.4 is 5.32 Å². The van der Waals surface area contributed by atoms with Crippen LogP contribution in [-0.4, -0.2) is 38.9 Å². The van der Waals surface area contributed by atoms with Gasteiger partial charge in [0.05, 0.1) is 6.54 Å². The van der Waals surface area contributed by atoms with Crippen LogP contribution in [0.15, 0.2) is 0 Å². The third kappa shape index (κ3) is 22.8. The molecule has 0 fully saturated rings. The topological polar surface area (TPSA) is 55.4 Å². The van der Waals surface area contributed by atoms with E-state index >= 15 is 0 Å². The normalized spacial score (nSPS) is 8.33. The maximum absolute atomic E-state index is 9.98. The second-order valence-electron chi connectivity index (χ2n) is 2.37. The number of ketones is 2. The van der Waals surface area contributed by atoms with Crippen molar-refractivity contribution in [1.29, 1.82) is 0 Å². The van der Waals surface area contributed by atoms with Crippen molar-refractivity contribution in [3.63, 3.8) is 0 Å². The molecular weight excluding hydrogens is 158 g/mol. The lowest BCUT2D eigenvalue weighted by Gasteiger charge is -1.85. The summed E-state index contributed by atoms with van der Waals surface area (Å²) >= 11 is 0. The SMILES string of the molecule is CNCC(C)=O.COCC(C)=O. The smallest absolute Gasteiger partial charge is 0.155 e. The van der Waals surface area contributed by atoms with E-state index in [1.54, 1.807) is 14.0 Å². The molecule has 0 saturated carbocycles. The zero-order chi connectivity index (χ0) is 9.98. The van der Waals surface area contributed by atoms with Crippen LogP contribution in [0.4, 0.5) is 0 Å². The van der Waals surface area contributed by atoms with Gasteiger partial charge in [0.25, 0.3) is 0 Å². The highest BCUT2D eigenvalue weighted by atomic mass is 16.5. The van der Waals surface area contributed by atoms with Gasteiger partial charge >= 0.3 is 0 Å². The number of Topliss-reactive ketones (excluding diaryl/α,β-unsaturated/α-hetero) is 2. The van der Waals surface area contributed by atoms with Gasteiger partial charge in [-0.3, -0.25) is 9.59 Å². The molecule has 0 rings (SSSR count). The van der Waals surface area contributed by atoms with Crippen molar-refractivity contribution in [3.05, 3.63) is 0 Å². The third-order valence-corrected chi connectivity index (χ3v) is 0.773. The van der Waals surface area contributed by atoms with E-state index in [9.17, 15) is 9.59 Å². The lowest BCUT2D eigenvalue weighted by Crippen LogP contribution is -2.14. The molecule has 0 aliphatic carbocycles. The Balaban J connectivity index is 0. The molecule has 0 aromatic rings. The number of hydrogen-bond acceptors (Lipinski definition) is 4. The lowest BCUT2D eigenvalue weighted by atomic mass is 10.5. The van der Waals surface area contributed by atoms with Crippen molar-refractivity contribution < 1.29 is 14.3 Å². The quantitative estimate of drug-likeness (QED) is 0.654. The van der Waals surface area contributed by atoms with Crippen LogP contribution in [0.1, 0.15) is 13.8 Å². The largest absolute Gasteiger partial charge is 0.377 e. The van der Waals surface area contributed by atoms with Crippen LogP contribution in [0.5, 0.6) is 0 Å². The number of methoxy groups -OCH3 is 1. The van der Waals surface area contributed by atoms with Gasteiger partial charge in [-0.2, -0.15) is 0 Å². The van der Waals surface area contributed by atoms with Gasteiger partial charge < -0.3 is 10.1 Å². The van der Waals surface area contributed by atoms with Gasteiger partial charge in [0.1, 0.15) is 12.4 Å². The van der Waals surface area contributed by atoms with E-state index < -0.39 is 0 Å². The number of nitrogens with one attached hydrogen (secondary N) is 1. The number of likely N-dealkylation sites (N-methyl/N-ethyl adjacent to an activating group) is 1. The summed E-state index contributed by atoms with van der Waals surface area (Å²) < 4.78 is 4.45. The van der Waals surface area contributed by atoms with Crippen LogP contribution in [0.3, 0.4) is 0 Å². The molecule has 0 spiro atoms. The van der Waals surface area contributed by atoms with Gasteiger partial charge in [0.15, 0.2) is 5.78 Å². The van der Waals surface area contributed by atoms with Crippen LogP contribution in [-0.2, 0) is 14.3 Å². The van der Waals surface area contributed by atoms with E-state index in [1.165, 1.54) is 14.0 Å². The fourth-order valence-corrected chi connectivity index (χ4v) is 0.452. The van der Waals surface area contributed by atoms with Crippen LogP contribution in [0.25, 0.3) is 0 Å². The van der Waals surface area contributed by atoms with Crippen LogP contribution in [0, 0.1) is 0 Å². The van der Waals surface area contributed by atoms with Gasteiger partial charge in [-0.25, -0.2) is 0 Å². The zero-order valence-corrected chi connectivity index (χ0v) is 8.14. The summed E-state index contributed by atoms with van der Waals surface area (Å²) in [5.74, 6) is 0.245. The maximum Gasteiger partial charge on any atom is 0.155 e. The molecule has 0 bridgehead atoms. The summed E-state index contributed by atoms with van der Waals surface area (Å²) in [4.78, 5) is 19.9. The summed E-state index contributed by atoms with van der Waals surface area (Å²) in [6.45, 7) is 3.76. The Labute approximate surface area is 73.3 Å². The predicted octanol–water partition coefficient (Wildman–Crippen LogP) is 0.0166. The van der Waals surface area contributed by atoms with Crippen molar-refractivity contribution in [1.82, 2.24) is 5.32 Å². The molecule has 0 aromatic heterocycles. The Morgan fingerprint density at radius 2 is 1.75 bits per heavy atom. The maximum atomic E-state index is 9.98. The van der Waals surface area contributed by atoms with E-state index in [0.29, 0.717) is 6.54 Å². The summed E-state index contributed by atoms with van der Waals surface area (Å²) in [6.07, 6.45) is 0. The average molecular weight is 175 g/mol. The molecule has 12 heavy (non-hydrogen) atoms. The molecule has 4 nitrogen and oxygen atoms in total. The second kappa shape index (κ2) is 10.3. The third-order valence-electron chi connectivity index (χ3n) is 0.773. The van der Waals surface area contributed by atoms with Crippen molar-refractivity contribution >= 4 is 11.6 Å². The van der Waals surface area contributed by atoms with E-state index in [2.05, 4.69) is 10.1 Å². The molecule has 0 aliphatic rings. The molecule has 1 N–H and O–H groups in total. The van der Waals surface area contributed by atoms with Crippen molar-refractivity contribution in [2.24, 2.45) is 0 Å². The van der Waals surface area contributed by atoms with Gasteiger partial charge in [0.2, 0.25) is 0 Å². The summed E-state index contributed by atoms with van der Waals surface area (Å²) in [7, 11) is 3.25. The molecule has 0 aliphatic heterocycles. The van der Waals surface area contributed by atoms with Gasteiger partial charge in [-0.05, 0) is 20.9 Å². The number of carbonyl (C=O) groups is 2. The predicted molar refractivity (Wildman–Crippen MR) is 47.2 cm³/mol. The highest BCUT2D eigenvalue weighted by Gasteiger charge is 1.83. The fourth-order valence-electron chi connectivity index (χ4n) is 0.452. The molecular formula is C8H17NO3. The van der Waals surface area contributed by atoms with E-state index in [-0.39, 0.29) is 18.2 Å². The van der Waals surface area contributed by atoms with Crippen molar-refractivity contribution in [2.75, 3.05) is 27.3 Å². The highest BCUT2D eigenvalue weighted by Crippen LogP contribution is 1.66. The summed E-state index contributed by atoms with van der Waals surface area (Å²) in [5, 5.41) is 2.72. The number of hydrogen-bond donors (Lipinski definition) is 1. The lowest BCUT2D eigenvalue weighted by molar-refractivity contribution is -0.120. The summed E-state index contributed by atoms with van der Waals surface area (Å²) in [6, 6.07) is 0. The highest BCUT2D eigenvalue weighted by molar-refractivity contribution is 5.77. The number of rotatable bonds is 4. The first-order valence-electron chi connectivity index (χ1n) is 3.67. The standard InChI is InChI=1S/C4H9NO.C4H8O2/c1-4(6)3-5-2;1-4(5)3-6-2/h5H,3H2,1-2H3;3H2,1-2H3. The van der Waals surface area contributed by atoms with E-state index in [4.69, 9.17) is 0 Å². The molecule has 0 atom stereocenters. The van der Waals surface area contributed by atoms with Crippen molar-refractivity contribution in [2.45, 2.75) is 13.8 Å². The zero-order valence-electron chi connectivity index (χ0n) is 8.14. The first-order chi connectivity index (χ1) is 5.54. The van der Waals surface area contributed by atoms with Crippen molar-refractivity contribution in [3.8, 4) is 0 Å². The first-order valence-corrected chi connectivity index (χ1v) is 3.67. The molecule has 0 radical (unpaired) electrons. The molecule has 0 aromatic carbocycles. The van der Waals surface area contributed by atoms with E-state index in [0.717, 1.165) is 0 Å². The molecule has 72 valence electrons. The summed E-state index contributed by atoms with van der Waals surface area (Å²) in [5.41, 5.74) is 0. The second-order valence-corrected chi connectivity index (χ2v) is 2.37. The van der Waals surface area contributed by atoms with Crippen LogP contribution >= 0.6 is 0 Å². The average Bonchev–Trinajstić information content (AvgIpc) is 1.87. The Bertz CT molecular complexity index is 118. The molecule has 0 saturated heterocycles. The molecule has 0 amide bonds. The Hall–Kier alpha value is -0.740. The monoisotopic (exact) mass is 175 g/mol. The minimum atomic E-state index is 0.0671. The molecule has 4 heteroatoms. The molecule has 0 unspecified atom stereocenters. The number of carbonyl (C=O) groups excluding carboxylic acids is 2. The Morgan fingerprint density at radius 1 is 1.25 bits per heavy atom. The Morgan fingerprint density at radius 3 is 1.75 bits per heavy atom. The first kappa shape index (κ1) is 13.8.